The highest BCUT2D eigenvalue weighted by molar-refractivity contribution is 9.10. The van der Waals surface area contributed by atoms with Gasteiger partial charge in [0.2, 0.25) is 5.95 Å². The van der Waals surface area contributed by atoms with E-state index in [1.165, 1.54) is 0 Å². The Morgan fingerprint density at radius 2 is 2.11 bits per heavy atom. The SMILES string of the molecule is CNc1ncc(F)c(Nc2ccc(Br)cc2C)n1. The van der Waals surface area contributed by atoms with Gasteiger partial charge in [0, 0.05) is 17.2 Å². The molecule has 0 aliphatic heterocycles. The zero-order valence-corrected chi connectivity index (χ0v) is 11.5. The van der Waals surface area contributed by atoms with Gasteiger partial charge in [0.05, 0.1) is 6.20 Å². The number of aryl methyl sites for hydroxylation is 1. The van der Waals surface area contributed by atoms with E-state index >= 15 is 0 Å². The molecule has 18 heavy (non-hydrogen) atoms. The quantitative estimate of drug-likeness (QED) is 0.911. The normalized spacial score (nSPS) is 10.2. The molecule has 0 saturated carbocycles. The van der Waals surface area contributed by atoms with Crippen molar-refractivity contribution in [2.45, 2.75) is 6.92 Å². The van der Waals surface area contributed by atoms with Gasteiger partial charge >= 0.3 is 0 Å². The van der Waals surface area contributed by atoms with E-state index in [4.69, 9.17) is 0 Å². The van der Waals surface area contributed by atoms with Gasteiger partial charge in [-0.15, -0.1) is 0 Å². The molecule has 0 aliphatic carbocycles. The average Bonchev–Trinajstić information content (AvgIpc) is 2.35. The number of hydrogen-bond acceptors (Lipinski definition) is 4. The van der Waals surface area contributed by atoms with Crippen LogP contribution in [0.2, 0.25) is 0 Å². The first-order chi connectivity index (χ1) is 8.60. The monoisotopic (exact) mass is 310 g/mol. The van der Waals surface area contributed by atoms with Crippen molar-refractivity contribution in [3.8, 4) is 0 Å². The molecule has 0 amide bonds. The first-order valence-electron chi connectivity index (χ1n) is 5.33. The molecular formula is C12H12BrFN4. The summed E-state index contributed by atoms with van der Waals surface area (Å²) in [5, 5.41) is 5.72. The molecule has 0 aliphatic rings. The summed E-state index contributed by atoms with van der Waals surface area (Å²) in [5.74, 6) is 0.0322. The molecular weight excluding hydrogens is 299 g/mol. The zero-order valence-electron chi connectivity index (χ0n) is 9.96. The fraction of sp³-hybridized carbons (Fsp3) is 0.167. The summed E-state index contributed by atoms with van der Waals surface area (Å²) in [6.45, 7) is 1.94. The average molecular weight is 311 g/mol. The van der Waals surface area contributed by atoms with Gasteiger partial charge in [0.1, 0.15) is 0 Å². The molecule has 0 bridgehead atoms. The molecule has 94 valence electrons. The van der Waals surface area contributed by atoms with E-state index in [1.807, 2.05) is 25.1 Å². The Kier molecular flexibility index (Phi) is 3.76. The maximum absolute atomic E-state index is 13.6. The van der Waals surface area contributed by atoms with Gasteiger partial charge in [-0.3, -0.25) is 0 Å². The minimum atomic E-state index is -0.490. The van der Waals surface area contributed by atoms with Crippen LogP contribution in [0.25, 0.3) is 0 Å². The highest BCUT2D eigenvalue weighted by Crippen LogP contribution is 2.24. The highest BCUT2D eigenvalue weighted by atomic mass is 79.9. The van der Waals surface area contributed by atoms with Gasteiger partial charge in [-0.05, 0) is 30.7 Å². The Balaban J connectivity index is 2.33. The molecule has 2 rings (SSSR count). The first kappa shape index (κ1) is 12.8. The van der Waals surface area contributed by atoms with E-state index in [1.54, 1.807) is 7.05 Å². The Labute approximate surface area is 113 Å². The summed E-state index contributed by atoms with van der Waals surface area (Å²) in [6, 6.07) is 5.69. The van der Waals surface area contributed by atoms with Crippen molar-refractivity contribution >= 4 is 33.4 Å². The lowest BCUT2D eigenvalue weighted by molar-refractivity contribution is 0.619. The Hall–Kier alpha value is -1.69. The van der Waals surface area contributed by atoms with E-state index in [0.717, 1.165) is 21.9 Å². The van der Waals surface area contributed by atoms with Crippen molar-refractivity contribution in [1.82, 2.24) is 9.97 Å². The number of aromatic nitrogens is 2. The molecule has 2 N–H and O–H groups in total. The van der Waals surface area contributed by atoms with Gasteiger partial charge in [-0.25, -0.2) is 9.37 Å². The molecule has 0 fully saturated rings. The Morgan fingerprint density at radius 3 is 2.78 bits per heavy atom. The van der Waals surface area contributed by atoms with Crippen molar-refractivity contribution in [2.75, 3.05) is 17.7 Å². The summed E-state index contributed by atoms with van der Waals surface area (Å²) < 4.78 is 14.6. The molecule has 4 nitrogen and oxygen atoms in total. The van der Waals surface area contributed by atoms with Gasteiger partial charge in [-0.1, -0.05) is 15.9 Å². The van der Waals surface area contributed by atoms with Crippen LogP contribution in [-0.2, 0) is 0 Å². The molecule has 0 unspecified atom stereocenters. The third kappa shape index (κ3) is 2.76. The molecule has 1 heterocycles. The standard InChI is InChI=1S/C12H12BrFN4/c1-7-5-8(13)3-4-10(7)17-11-9(14)6-16-12(15-2)18-11/h3-6H,1-2H3,(H2,15,16,17,18). The maximum Gasteiger partial charge on any atom is 0.224 e. The topological polar surface area (TPSA) is 49.8 Å². The maximum atomic E-state index is 13.6. The van der Waals surface area contributed by atoms with Crippen LogP contribution in [0.4, 0.5) is 21.8 Å². The molecule has 6 heteroatoms. The molecule has 0 spiro atoms. The van der Waals surface area contributed by atoms with Crippen molar-refractivity contribution in [3.05, 3.63) is 40.2 Å². The van der Waals surface area contributed by atoms with Crippen LogP contribution in [0.15, 0.2) is 28.9 Å². The fourth-order valence-corrected chi connectivity index (χ4v) is 1.95. The van der Waals surface area contributed by atoms with Crippen LogP contribution in [0.1, 0.15) is 5.56 Å². The number of benzene rings is 1. The fourth-order valence-electron chi connectivity index (χ4n) is 1.47. The van der Waals surface area contributed by atoms with Crippen molar-refractivity contribution in [3.63, 3.8) is 0 Å². The summed E-state index contributed by atoms with van der Waals surface area (Å²) in [7, 11) is 1.68. The van der Waals surface area contributed by atoms with Gasteiger partial charge in [-0.2, -0.15) is 4.98 Å². The minimum Gasteiger partial charge on any atom is -0.357 e. The zero-order chi connectivity index (χ0) is 13.1. The van der Waals surface area contributed by atoms with E-state index in [9.17, 15) is 4.39 Å². The number of nitrogens with zero attached hydrogens (tertiary/aromatic N) is 2. The van der Waals surface area contributed by atoms with E-state index in [0.29, 0.717) is 5.95 Å². The van der Waals surface area contributed by atoms with E-state index in [2.05, 4.69) is 36.5 Å². The predicted octanol–water partition coefficient (Wildman–Crippen LogP) is 3.47. The summed E-state index contributed by atoms with van der Waals surface area (Å²) in [6.07, 6.45) is 1.13. The largest absolute Gasteiger partial charge is 0.357 e. The number of hydrogen-bond donors (Lipinski definition) is 2. The summed E-state index contributed by atoms with van der Waals surface area (Å²) in [4.78, 5) is 7.82. The van der Waals surface area contributed by atoms with Gasteiger partial charge < -0.3 is 10.6 Å². The lowest BCUT2D eigenvalue weighted by atomic mass is 10.2. The Morgan fingerprint density at radius 1 is 1.33 bits per heavy atom. The molecule has 1 aromatic heterocycles. The smallest absolute Gasteiger partial charge is 0.224 e. The number of rotatable bonds is 3. The Bertz CT molecular complexity index is 574. The third-order valence-electron chi connectivity index (χ3n) is 2.41. The van der Waals surface area contributed by atoms with Crippen LogP contribution in [0.3, 0.4) is 0 Å². The number of anilines is 3. The number of halogens is 2. The van der Waals surface area contributed by atoms with E-state index < -0.39 is 5.82 Å². The van der Waals surface area contributed by atoms with Crippen molar-refractivity contribution < 1.29 is 4.39 Å². The molecule has 0 atom stereocenters. The highest BCUT2D eigenvalue weighted by Gasteiger charge is 2.08. The minimum absolute atomic E-state index is 0.153. The molecule has 0 saturated heterocycles. The van der Waals surface area contributed by atoms with E-state index in [-0.39, 0.29) is 5.82 Å². The molecule has 0 radical (unpaired) electrons. The van der Waals surface area contributed by atoms with Crippen molar-refractivity contribution in [2.24, 2.45) is 0 Å². The molecule has 1 aromatic carbocycles. The third-order valence-corrected chi connectivity index (χ3v) is 2.90. The molecule has 2 aromatic rings. The van der Waals surface area contributed by atoms with Crippen LogP contribution in [0, 0.1) is 12.7 Å². The summed E-state index contributed by atoms with van der Waals surface area (Å²) in [5.41, 5.74) is 1.80. The lowest BCUT2D eigenvalue weighted by Crippen LogP contribution is -2.03. The second kappa shape index (κ2) is 5.30. The van der Waals surface area contributed by atoms with Crippen LogP contribution < -0.4 is 10.6 Å². The predicted molar refractivity (Wildman–Crippen MR) is 73.7 cm³/mol. The van der Waals surface area contributed by atoms with Crippen LogP contribution in [-0.4, -0.2) is 17.0 Å². The van der Waals surface area contributed by atoms with Crippen LogP contribution in [0.5, 0.6) is 0 Å². The van der Waals surface area contributed by atoms with Crippen molar-refractivity contribution in [1.29, 1.82) is 0 Å². The first-order valence-corrected chi connectivity index (χ1v) is 6.13. The van der Waals surface area contributed by atoms with Crippen LogP contribution >= 0.6 is 15.9 Å². The summed E-state index contributed by atoms with van der Waals surface area (Å²) >= 11 is 3.38. The lowest BCUT2D eigenvalue weighted by Gasteiger charge is -2.10. The van der Waals surface area contributed by atoms with Gasteiger partial charge in [0.15, 0.2) is 11.6 Å². The number of nitrogens with one attached hydrogen (secondary N) is 2. The second-order valence-corrected chi connectivity index (χ2v) is 4.64. The second-order valence-electron chi connectivity index (χ2n) is 3.72. The van der Waals surface area contributed by atoms with Gasteiger partial charge in [0.25, 0.3) is 0 Å².